The van der Waals surface area contributed by atoms with Crippen molar-refractivity contribution in [3.05, 3.63) is 34.3 Å². The lowest BCUT2D eigenvalue weighted by atomic mass is 10.2. The zero-order valence-corrected chi connectivity index (χ0v) is 9.86. The molecule has 0 radical (unpaired) electrons. The van der Waals surface area contributed by atoms with Crippen molar-refractivity contribution in [3.8, 4) is 0 Å². The molecule has 1 aromatic rings. The molecular formula is C10H12BrNS. The fourth-order valence-electron chi connectivity index (χ4n) is 1.46. The zero-order valence-electron chi connectivity index (χ0n) is 7.46. The van der Waals surface area contributed by atoms with Gasteiger partial charge in [-0.1, -0.05) is 34.1 Å². The molecule has 1 nitrogen and oxygen atoms in total. The summed E-state index contributed by atoms with van der Waals surface area (Å²) in [4.78, 5) is 0. The Balaban J connectivity index is 2.21. The van der Waals surface area contributed by atoms with Gasteiger partial charge in [-0.15, -0.1) is 11.8 Å². The third-order valence-electron chi connectivity index (χ3n) is 2.14. The summed E-state index contributed by atoms with van der Waals surface area (Å²) in [7, 11) is 0. The predicted molar refractivity (Wildman–Crippen MR) is 61.9 cm³/mol. The van der Waals surface area contributed by atoms with Crippen LogP contribution in [0.4, 0.5) is 0 Å². The van der Waals surface area contributed by atoms with Crippen molar-refractivity contribution in [2.45, 2.75) is 18.3 Å². The van der Waals surface area contributed by atoms with Gasteiger partial charge in [-0.2, -0.15) is 0 Å². The lowest BCUT2D eigenvalue weighted by Crippen LogP contribution is -2.22. The summed E-state index contributed by atoms with van der Waals surface area (Å²) in [5, 5.41) is 4.01. The van der Waals surface area contributed by atoms with Gasteiger partial charge in [0.15, 0.2) is 0 Å². The number of hydrogen-bond acceptors (Lipinski definition) is 2. The zero-order chi connectivity index (χ0) is 9.26. The van der Waals surface area contributed by atoms with Gasteiger partial charge in [0.05, 0.1) is 5.37 Å². The molecule has 1 saturated heterocycles. The minimum atomic E-state index is 0.463. The Morgan fingerprint density at radius 1 is 1.46 bits per heavy atom. The summed E-state index contributed by atoms with van der Waals surface area (Å²) >= 11 is 5.55. The molecule has 1 heterocycles. The molecule has 2 atom stereocenters. The molecule has 0 bridgehead atoms. The number of hydrogen-bond donors (Lipinski definition) is 1. The van der Waals surface area contributed by atoms with Crippen molar-refractivity contribution < 1.29 is 0 Å². The molecule has 1 aliphatic rings. The van der Waals surface area contributed by atoms with Crippen molar-refractivity contribution in [1.82, 2.24) is 5.32 Å². The average molecular weight is 258 g/mol. The van der Waals surface area contributed by atoms with Crippen molar-refractivity contribution in [1.29, 1.82) is 0 Å². The first-order valence-corrected chi connectivity index (χ1v) is 6.23. The molecule has 1 N–H and O–H groups in total. The highest BCUT2D eigenvalue weighted by atomic mass is 79.9. The number of rotatable bonds is 1. The summed E-state index contributed by atoms with van der Waals surface area (Å²) in [5.41, 5.74) is 1.36. The molecule has 70 valence electrons. The minimum Gasteiger partial charge on any atom is -0.298 e. The van der Waals surface area contributed by atoms with E-state index in [2.05, 4.69) is 52.4 Å². The van der Waals surface area contributed by atoms with Crippen LogP contribution in [-0.2, 0) is 0 Å². The highest BCUT2D eigenvalue weighted by Crippen LogP contribution is 2.35. The average Bonchev–Trinajstić information content (AvgIpc) is 2.53. The number of benzene rings is 1. The fourth-order valence-corrected chi connectivity index (χ4v) is 3.42. The maximum absolute atomic E-state index is 3.57. The number of thioether (sulfide) groups is 1. The first-order chi connectivity index (χ1) is 6.27. The number of nitrogens with one attached hydrogen (secondary N) is 1. The Hall–Kier alpha value is 0.01000. The molecule has 0 spiro atoms. The van der Waals surface area contributed by atoms with Crippen LogP contribution < -0.4 is 5.32 Å². The molecule has 0 saturated carbocycles. The summed E-state index contributed by atoms with van der Waals surface area (Å²) in [6.45, 7) is 2.23. The third kappa shape index (κ3) is 2.09. The maximum atomic E-state index is 3.57. The maximum Gasteiger partial charge on any atom is 0.0803 e. The quantitative estimate of drug-likeness (QED) is 0.830. The van der Waals surface area contributed by atoms with Crippen LogP contribution in [0.25, 0.3) is 0 Å². The predicted octanol–water partition coefficient (Wildman–Crippen LogP) is 3.17. The van der Waals surface area contributed by atoms with Crippen molar-refractivity contribution in [3.63, 3.8) is 0 Å². The van der Waals surface area contributed by atoms with Gasteiger partial charge in [-0.3, -0.25) is 5.32 Å². The molecule has 3 heteroatoms. The van der Waals surface area contributed by atoms with Crippen LogP contribution in [0, 0.1) is 0 Å². The molecule has 1 fully saturated rings. The summed E-state index contributed by atoms with van der Waals surface area (Å²) < 4.78 is 1.20. The summed E-state index contributed by atoms with van der Waals surface area (Å²) in [5.74, 6) is 1.20. The monoisotopic (exact) mass is 257 g/mol. The van der Waals surface area contributed by atoms with Crippen molar-refractivity contribution in [2.24, 2.45) is 0 Å². The minimum absolute atomic E-state index is 0.463. The molecule has 0 amide bonds. The summed E-state index contributed by atoms with van der Waals surface area (Å²) in [6, 6.07) is 9.04. The Labute approximate surface area is 91.4 Å². The molecule has 2 rings (SSSR count). The second-order valence-corrected chi connectivity index (χ2v) is 5.30. The van der Waals surface area contributed by atoms with E-state index in [1.54, 1.807) is 0 Å². The van der Waals surface area contributed by atoms with Crippen LogP contribution in [0.5, 0.6) is 0 Å². The Bertz CT molecular complexity index is 303. The second-order valence-electron chi connectivity index (χ2n) is 3.30. The van der Waals surface area contributed by atoms with E-state index < -0.39 is 0 Å². The van der Waals surface area contributed by atoms with E-state index in [1.807, 2.05) is 11.8 Å². The van der Waals surface area contributed by atoms with Crippen LogP contribution in [0.3, 0.4) is 0 Å². The SMILES string of the molecule is CC1CSC(c2ccccc2Br)N1. The third-order valence-corrected chi connectivity index (χ3v) is 4.27. The first-order valence-electron chi connectivity index (χ1n) is 4.39. The Morgan fingerprint density at radius 2 is 2.23 bits per heavy atom. The van der Waals surface area contributed by atoms with Gasteiger partial charge in [0.25, 0.3) is 0 Å². The largest absolute Gasteiger partial charge is 0.298 e. The Morgan fingerprint density at radius 3 is 2.85 bits per heavy atom. The van der Waals surface area contributed by atoms with Crippen LogP contribution in [-0.4, -0.2) is 11.8 Å². The van der Waals surface area contributed by atoms with Gasteiger partial charge in [-0.25, -0.2) is 0 Å². The van der Waals surface area contributed by atoms with E-state index >= 15 is 0 Å². The van der Waals surface area contributed by atoms with E-state index in [9.17, 15) is 0 Å². The van der Waals surface area contributed by atoms with E-state index in [0.717, 1.165) is 0 Å². The molecule has 0 aliphatic carbocycles. The topological polar surface area (TPSA) is 12.0 Å². The van der Waals surface area contributed by atoms with Gasteiger partial charge < -0.3 is 0 Å². The van der Waals surface area contributed by atoms with Gasteiger partial charge in [-0.05, 0) is 18.6 Å². The van der Waals surface area contributed by atoms with E-state index in [1.165, 1.54) is 15.8 Å². The van der Waals surface area contributed by atoms with Crippen molar-refractivity contribution in [2.75, 3.05) is 5.75 Å². The van der Waals surface area contributed by atoms with E-state index in [4.69, 9.17) is 0 Å². The smallest absolute Gasteiger partial charge is 0.0803 e. The van der Waals surface area contributed by atoms with Crippen LogP contribution in [0.15, 0.2) is 28.7 Å². The van der Waals surface area contributed by atoms with E-state index in [0.29, 0.717) is 11.4 Å². The fraction of sp³-hybridized carbons (Fsp3) is 0.400. The van der Waals surface area contributed by atoms with Gasteiger partial charge in [0.1, 0.15) is 0 Å². The highest BCUT2D eigenvalue weighted by molar-refractivity contribution is 9.10. The first kappa shape index (κ1) is 9.56. The molecule has 2 unspecified atom stereocenters. The van der Waals surface area contributed by atoms with Crippen molar-refractivity contribution >= 4 is 27.7 Å². The lowest BCUT2D eigenvalue weighted by molar-refractivity contribution is 0.617. The highest BCUT2D eigenvalue weighted by Gasteiger charge is 2.23. The lowest BCUT2D eigenvalue weighted by Gasteiger charge is -2.12. The second kappa shape index (κ2) is 4.03. The molecular weight excluding hydrogens is 246 g/mol. The van der Waals surface area contributed by atoms with Crippen LogP contribution >= 0.6 is 27.7 Å². The molecule has 13 heavy (non-hydrogen) atoms. The molecule has 0 aromatic heterocycles. The standard InChI is InChI=1S/C10H12BrNS/c1-7-6-13-10(12-7)8-4-2-3-5-9(8)11/h2-5,7,10,12H,6H2,1H3. The van der Waals surface area contributed by atoms with Gasteiger partial charge >= 0.3 is 0 Å². The van der Waals surface area contributed by atoms with Crippen LogP contribution in [0.1, 0.15) is 17.9 Å². The van der Waals surface area contributed by atoms with Gasteiger partial charge in [0.2, 0.25) is 0 Å². The van der Waals surface area contributed by atoms with Gasteiger partial charge in [0, 0.05) is 16.3 Å². The Kier molecular flexibility index (Phi) is 2.96. The van der Waals surface area contributed by atoms with Crippen LogP contribution in [0.2, 0.25) is 0 Å². The molecule has 1 aromatic carbocycles. The number of halogens is 1. The normalized spacial score (nSPS) is 27.8. The molecule has 1 aliphatic heterocycles. The summed E-state index contributed by atoms with van der Waals surface area (Å²) in [6.07, 6.45) is 0. The van der Waals surface area contributed by atoms with E-state index in [-0.39, 0.29) is 0 Å².